The van der Waals surface area contributed by atoms with Crippen LogP contribution in [0.3, 0.4) is 0 Å². The number of amides is 1. The molecule has 16 heavy (non-hydrogen) atoms. The van der Waals surface area contributed by atoms with Crippen molar-refractivity contribution in [3.8, 4) is 0 Å². The zero-order valence-corrected chi connectivity index (χ0v) is 9.99. The SMILES string of the molecule is CCC(=O)NN(c1ccccc1)S(C)(=O)=O. The smallest absolute Gasteiger partial charge is 0.249 e. The van der Waals surface area contributed by atoms with Crippen LogP contribution in [0, 0.1) is 0 Å². The molecule has 1 rings (SSSR count). The van der Waals surface area contributed by atoms with E-state index in [1.165, 1.54) is 0 Å². The Morgan fingerprint density at radius 1 is 1.31 bits per heavy atom. The van der Waals surface area contributed by atoms with Gasteiger partial charge in [-0.05, 0) is 12.1 Å². The minimum Gasteiger partial charge on any atom is -0.273 e. The molecule has 1 aromatic carbocycles. The van der Waals surface area contributed by atoms with Gasteiger partial charge in [0.15, 0.2) is 0 Å². The highest BCUT2D eigenvalue weighted by atomic mass is 32.2. The highest BCUT2D eigenvalue weighted by molar-refractivity contribution is 7.92. The molecule has 1 aromatic rings. The number of hydrazine groups is 1. The van der Waals surface area contributed by atoms with Crippen molar-refractivity contribution in [3.63, 3.8) is 0 Å². The largest absolute Gasteiger partial charge is 0.273 e. The molecule has 1 N–H and O–H groups in total. The van der Waals surface area contributed by atoms with Gasteiger partial charge in [-0.1, -0.05) is 25.1 Å². The monoisotopic (exact) mass is 242 g/mol. The van der Waals surface area contributed by atoms with Crippen LogP contribution < -0.4 is 9.84 Å². The predicted molar refractivity (Wildman–Crippen MR) is 62.2 cm³/mol. The van der Waals surface area contributed by atoms with Gasteiger partial charge in [-0.25, -0.2) is 8.42 Å². The van der Waals surface area contributed by atoms with Crippen molar-refractivity contribution in [2.45, 2.75) is 13.3 Å². The third kappa shape index (κ3) is 3.23. The Morgan fingerprint density at radius 3 is 2.31 bits per heavy atom. The van der Waals surface area contributed by atoms with Crippen molar-refractivity contribution in [1.82, 2.24) is 5.43 Å². The zero-order valence-electron chi connectivity index (χ0n) is 9.17. The number of hydrogen-bond donors (Lipinski definition) is 1. The zero-order chi connectivity index (χ0) is 12.2. The molecular weight excluding hydrogens is 228 g/mol. The Bertz CT molecular complexity index is 456. The van der Waals surface area contributed by atoms with Crippen LogP contribution in [0.5, 0.6) is 0 Å². The van der Waals surface area contributed by atoms with Crippen LogP contribution in [-0.4, -0.2) is 20.6 Å². The van der Waals surface area contributed by atoms with Gasteiger partial charge in [-0.2, -0.15) is 4.41 Å². The second kappa shape index (κ2) is 4.98. The van der Waals surface area contributed by atoms with Crippen LogP contribution in [0.1, 0.15) is 13.3 Å². The highest BCUT2D eigenvalue weighted by Crippen LogP contribution is 2.13. The Hall–Kier alpha value is -1.56. The van der Waals surface area contributed by atoms with E-state index in [9.17, 15) is 13.2 Å². The van der Waals surface area contributed by atoms with Gasteiger partial charge in [0.05, 0.1) is 11.9 Å². The van der Waals surface area contributed by atoms with Crippen LogP contribution >= 0.6 is 0 Å². The summed E-state index contributed by atoms with van der Waals surface area (Å²) in [4.78, 5) is 11.2. The summed E-state index contributed by atoms with van der Waals surface area (Å²) in [5.74, 6) is -0.353. The Kier molecular flexibility index (Phi) is 3.89. The van der Waals surface area contributed by atoms with Crippen LogP contribution in [0.25, 0.3) is 0 Å². The lowest BCUT2D eigenvalue weighted by molar-refractivity contribution is -0.120. The first kappa shape index (κ1) is 12.5. The second-order valence-corrected chi connectivity index (χ2v) is 5.08. The normalized spacial score (nSPS) is 10.9. The molecule has 0 heterocycles. The van der Waals surface area contributed by atoms with E-state index < -0.39 is 10.0 Å². The predicted octanol–water partition coefficient (Wildman–Crippen LogP) is 0.894. The van der Waals surface area contributed by atoms with E-state index in [0.29, 0.717) is 5.69 Å². The molecule has 0 fully saturated rings. The molecule has 0 aliphatic carbocycles. The Balaban J connectivity index is 3.03. The average molecular weight is 242 g/mol. The summed E-state index contributed by atoms with van der Waals surface area (Å²) in [5, 5.41) is 0. The van der Waals surface area contributed by atoms with Crippen molar-refractivity contribution in [2.75, 3.05) is 10.7 Å². The van der Waals surface area contributed by atoms with E-state index >= 15 is 0 Å². The van der Waals surface area contributed by atoms with Crippen molar-refractivity contribution in [3.05, 3.63) is 30.3 Å². The number of anilines is 1. The first-order valence-electron chi connectivity index (χ1n) is 4.80. The number of nitrogens with zero attached hydrogens (tertiary/aromatic N) is 1. The van der Waals surface area contributed by atoms with Gasteiger partial charge in [0.2, 0.25) is 15.9 Å². The fourth-order valence-corrected chi connectivity index (χ4v) is 1.87. The first-order chi connectivity index (χ1) is 7.45. The molecular formula is C10H14N2O3S. The Labute approximate surface area is 95.1 Å². The van der Waals surface area contributed by atoms with Crippen LogP contribution in [0.15, 0.2) is 30.3 Å². The van der Waals surface area contributed by atoms with Crippen LogP contribution in [-0.2, 0) is 14.8 Å². The molecule has 0 atom stereocenters. The molecule has 0 bridgehead atoms. The molecule has 0 saturated carbocycles. The molecule has 0 saturated heterocycles. The summed E-state index contributed by atoms with van der Waals surface area (Å²) in [7, 11) is -3.52. The number of benzene rings is 1. The van der Waals surface area contributed by atoms with Gasteiger partial charge in [0.1, 0.15) is 0 Å². The summed E-state index contributed by atoms with van der Waals surface area (Å²) < 4.78 is 23.9. The number of hydrogen-bond acceptors (Lipinski definition) is 3. The first-order valence-corrected chi connectivity index (χ1v) is 6.65. The lowest BCUT2D eigenvalue weighted by atomic mass is 10.3. The standard InChI is InChI=1S/C10H14N2O3S/c1-3-10(13)11-12(16(2,14)15)9-7-5-4-6-8-9/h4-8H,3H2,1-2H3,(H,11,13). The van der Waals surface area contributed by atoms with E-state index in [0.717, 1.165) is 10.7 Å². The maximum atomic E-state index is 11.5. The van der Waals surface area contributed by atoms with Crippen LogP contribution in [0.2, 0.25) is 0 Å². The van der Waals surface area contributed by atoms with E-state index in [-0.39, 0.29) is 12.3 Å². The molecule has 1 amide bonds. The molecule has 0 aliphatic heterocycles. The summed E-state index contributed by atoms with van der Waals surface area (Å²) in [6.45, 7) is 1.65. The lowest BCUT2D eigenvalue weighted by Crippen LogP contribution is -2.45. The quantitative estimate of drug-likeness (QED) is 0.797. The molecule has 0 radical (unpaired) electrons. The molecule has 0 unspecified atom stereocenters. The average Bonchev–Trinajstić information content (AvgIpc) is 2.25. The molecule has 5 nitrogen and oxygen atoms in total. The Morgan fingerprint density at radius 2 is 1.88 bits per heavy atom. The van der Waals surface area contributed by atoms with Crippen molar-refractivity contribution in [2.24, 2.45) is 0 Å². The fourth-order valence-electron chi connectivity index (χ4n) is 1.09. The maximum Gasteiger partial charge on any atom is 0.249 e. The lowest BCUT2D eigenvalue weighted by Gasteiger charge is -2.22. The van der Waals surface area contributed by atoms with Crippen molar-refractivity contribution in [1.29, 1.82) is 0 Å². The summed E-state index contributed by atoms with van der Waals surface area (Å²) >= 11 is 0. The summed E-state index contributed by atoms with van der Waals surface area (Å²) in [6, 6.07) is 8.39. The summed E-state index contributed by atoms with van der Waals surface area (Å²) in [6.07, 6.45) is 1.26. The number of rotatable bonds is 4. The maximum absolute atomic E-state index is 11.5. The molecule has 0 aromatic heterocycles. The highest BCUT2D eigenvalue weighted by Gasteiger charge is 2.18. The van der Waals surface area contributed by atoms with E-state index in [1.807, 2.05) is 0 Å². The number of para-hydroxylation sites is 1. The van der Waals surface area contributed by atoms with Crippen molar-refractivity contribution < 1.29 is 13.2 Å². The number of carbonyl (C=O) groups is 1. The van der Waals surface area contributed by atoms with Gasteiger partial charge in [-0.3, -0.25) is 10.2 Å². The van der Waals surface area contributed by atoms with Gasteiger partial charge in [-0.15, -0.1) is 0 Å². The molecule has 0 spiro atoms. The minimum absolute atomic E-state index is 0.221. The number of carbonyl (C=O) groups excluding carboxylic acids is 1. The number of sulfonamides is 1. The van der Waals surface area contributed by atoms with Gasteiger partial charge < -0.3 is 0 Å². The topological polar surface area (TPSA) is 66.5 Å². The number of nitrogens with one attached hydrogen (secondary N) is 1. The third-order valence-electron chi connectivity index (χ3n) is 1.87. The van der Waals surface area contributed by atoms with E-state index in [1.54, 1.807) is 37.3 Å². The van der Waals surface area contributed by atoms with Crippen LogP contribution in [0.4, 0.5) is 5.69 Å². The van der Waals surface area contributed by atoms with Gasteiger partial charge in [0, 0.05) is 6.42 Å². The molecule has 6 heteroatoms. The van der Waals surface area contributed by atoms with Gasteiger partial charge >= 0.3 is 0 Å². The second-order valence-electron chi connectivity index (χ2n) is 3.25. The molecule has 88 valence electrons. The fraction of sp³-hybridized carbons (Fsp3) is 0.300. The van der Waals surface area contributed by atoms with Crippen molar-refractivity contribution >= 4 is 21.6 Å². The summed E-state index contributed by atoms with van der Waals surface area (Å²) in [5.41, 5.74) is 2.74. The van der Waals surface area contributed by atoms with E-state index in [2.05, 4.69) is 5.43 Å². The molecule has 0 aliphatic rings. The van der Waals surface area contributed by atoms with E-state index in [4.69, 9.17) is 0 Å². The van der Waals surface area contributed by atoms with Gasteiger partial charge in [0.25, 0.3) is 0 Å². The minimum atomic E-state index is -3.52. The third-order valence-corrected chi connectivity index (χ3v) is 2.84.